The summed E-state index contributed by atoms with van der Waals surface area (Å²) in [6.07, 6.45) is 0. The molecule has 0 aliphatic heterocycles. The maximum Gasteiger partial charge on any atom is 0.204 e. The normalized spacial score (nSPS) is 11.4. The van der Waals surface area contributed by atoms with Gasteiger partial charge in [-0.25, -0.2) is 4.98 Å². The van der Waals surface area contributed by atoms with Crippen LogP contribution in [0.3, 0.4) is 0 Å². The Bertz CT molecular complexity index is 1090. The van der Waals surface area contributed by atoms with Crippen LogP contribution in [0.2, 0.25) is 5.02 Å². The molecule has 0 aliphatic carbocycles. The maximum atomic E-state index is 6.06. The van der Waals surface area contributed by atoms with Gasteiger partial charge in [-0.15, -0.1) is 0 Å². The molecule has 5 heteroatoms. The summed E-state index contributed by atoms with van der Waals surface area (Å²) in [5.74, 6) is 0. The summed E-state index contributed by atoms with van der Waals surface area (Å²) in [5.41, 5.74) is 8.19. The maximum absolute atomic E-state index is 6.06. The molecular weight excluding hydrogens is 386 g/mol. The SMILES string of the molecule is C/C(=N/Nc1nc(-c2ccccc2)c(-c2ccc(Cl)cc2)s1)c1ccccc1. The molecule has 0 fully saturated rings. The standard InChI is InChI=1S/C23H18ClN3S/c1-16(17-8-4-2-5-9-17)26-27-23-25-21(18-10-6-3-7-11-18)22(28-23)19-12-14-20(24)15-13-19/h2-15H,1H3,(H,25,27)/b26-16-. The fourth-order valence-electron chi connectivity index (χ4n) is 2.83. The Labute approximate surface area is 173 Å². The molecule has 1 aromatic heterocycles. The van der Waals surface area contributed by atoms with Crippen molar-refractivity contribution in [3.05, 3.63) is 95.5 Å². The van der Waals surface area contributed by atoms with Gasteiger partial charge in [0.1, 0.15) is 0 Å². The summed E-state index contributed by atoms with van der Waals surface area (Å²) in [5, 5.41) is 5.98. The van der Waals surface area contributed by atoms with Crippen LogP contribution in [0.25, 0.3) is 21.7 Å². The van der Waals surface area contributed by atoms with Crippen molar-refractivity contribution in [2.45, 2.75) is 6.92 Å². The van der Waals surface area contributed by atoms with Crippen LogP contribution in [0.5, 0.6) is 0 Å². The monoisotopic (exact) mass is 403 g/mol. The van der Waals surface area contributed by atoms with Crippen molar-refractivity contribution in [3.63, 3.8) is 0 Å². The van der Waals surface area contributed by atoms with E-state index in [1.54, 1.807) is 11.3 Å². The number of hydrogen-bond donors (Lipinski definition) is 1. The average Bonchev–Trinajstić information content (AvgIpc) is 3.18. The third kappa shape index (κ3) is 4.14. The van der Waals surface area contributed by atoms with Crippen LogP contribution in [-0.4, -0.2) is 10.7 Å². The van der Waals surface area contributed by atoms with Gasteiger partial charge in [0.05, 0.1) is 16.3 Å². The van der Waals surface area contributed by atoms with E-state index in [9.17, 15) is 0 Å². The van der Waals surface area contributed by atoms with Gasteiger partial charge >= 0.3 is 0 Å². The van der Waals surface area contributed by atoms with E-state index in [0.717, 1.165) is 43.1 Å². The van der Waals surface area contributed by atoms with Crippen molar-refractivity contribution in [2.75, 3.05) is 5.43 Å². The molecule has 28 heavy (non-hydrogen) atoms. The second-order valence-electron chi connectivity index (χ2n) is 6.24. The zero-order valence-electron chi connectivity index (χ0n) is 15.3. The van der Waals surface area contributed by atoms with Gasteiger partial charge in [-0.3, -0.25) is 5.43 Å². The lowest BCUT2D eigenvalue weighted by atomic mass is 10.1. The molecule has 4 aromatic rings. The molecule has 0 saturated heterocycles. The van der Waals surface area contributed by atoms with Gasteiger partial charge < -0.3 is 0 Å². The van der Waals surface area contributed by atoms with E-state index in [0.29, 0.717) is 0 Å². The quantitative estimate of drug-likeness (QED) is 0.288. The molecule has 0 amide bonds. The summed E-state index contributed by atoms with van der Waals surface area (Å²) >= 11 is 7.64. The number of anilines is 1. The number of rotatable bonds is 5. The topological polar surface area (TPSA) is 37.3 Å². The highest BCUT2D eigenvalue weighted by molar-refractivity contribution is 7.19. The second-order valence-corrected chi connectivity index (χ2v) is 7.68. The van der Waals surface area contributed by atoms with Gasteiger partial charge in [-0.2, -0.15) is 5.10 Å². The molecule has 0 spiro atoms. The highest BCUT2D eigenvalue weighted by Crippen LogP contribution is 2.39. The van der Waals surface area contributed by atoms with E-state index in [4.69, 9.17) is 16.6 Å². The number of hydrogen-bond acceptors (Lipinski definition) is 4. The number of aromatic nitrogens is 1. The number of halogens is 1. The van der Waals surface area contributed by atoms with Gasteiger partial charge in [0.25, 0.3) is 0 Å². The summed E-state index contributed by atoms with van der Waals surface area (Å²) in [4.78, 5) is 5.89. The van der Waals surface area contributed by atoms with Gasteiger partial charge in [-0.05, 0) is 30.2 Å². The van der Waals surface area contributed by atoms with Crippen molar-refractivity contribution in [1.82, 2.24) is 4.98 Å². The van der Waals surface area contributed by atoms with E-state index < -0.39 is 0 Å². The van der Waals surface area contributed by atoms with Crippen molar-refractivity contribution < 1.29 is 0 Å². The first kappa shape index (κ1) is 18.4. The van der Waals surface area contributed by atoms with Crippen molar-refractivity contribution in [2.24, 2.45) is 5.10 Å². The van der Waals surface area contributed by atoms with Crippen LogP contribution in [0.4, 0.5) is 5.13 Å². The minimum atomic E-state index is 0.718. The fourth-order valence-corrected chi connectivity index (χ4v) is 3.89. The van der Waals surface area contributed by atoms with E-state index >= 15 is 0 Å². The minimum absolute atomic E-state index is 0.718. The van der Waals surface area contributed by atoms with Gasteiger partial charge in [0, 0.05) is 10.6 Å². The fraction of sp³-hybridized carbons (Fsp3) is 0.0435. The third-order valence-corrected chi connectivity index (χ3v) is 5.55. The lowest BCUT2D eigenvalue weighted by Gasteiger charge is -2.02. The molecule has 0 atom stereocenters. The van der Waals surface area contributed by atoms with E-state index in [-0.39, 0.29) is 0 Å². The summed E-state index contributed by atoms with van der Waals surface area (Å²) in [6, 6.07) is 28.1. The molecular formula is C23H18ClN3S. The van der Waals surface area contributed by atoms with Gasteiger partial charge in [0.15, 0.2) is 0 Å². The van der Waals surface area contributed by atoms with Gasteiger partial charge in [0.2, 0.25) is 5.13 Å². The number of thiazole rings is 1. The highest BCUT2D eigenvalue weighted by Gasteiger charge is 2.15. The number of nitrogens with one attached hydrogen (secondary N) is 1. The molecule has 4 rings (SSSR count). The largest absolute Gasteiger partial charge is 0.252 e. The molecule has 0 unspecified atom stereocenters. The molecule has 0 bridgehead atoms. The first-order chi connectivity index (χ1) is 13.7. The Balaban J connectivity index is 1.70. The highest BCUT2D eigenvalue weighted by atomic mass is 35.5. The van der Waals surface area contributed by atoms with Crippen LogP contribution in [0, 0.1) is 0 Å². The molecule has 1 N–H and O–H groups in total. The van der Waals surface area contributed by atoms with Crippen molar-refractivity contribution in [1.29, 1.82) is 0 Å². The molecule has 0 radical (unpaired) electrons. The van der Waals surface area contributed by atoms with Crippen LogP contribution in [-0.2, 0) is 0 Å². The van der Waals surface area contributed by atoms with Crippen molar-refractivity contribution in [3.8, 4) is 21.7 Å². The molecule has 0 aliphatic rings. The summed E-state index contributed by atoms with van der Waals surface area (Å²) < 4.78 is 0. The second kappa shape index (κ2) is 8.38. The van der Waals surface area contributed by atoms with Crippen LogP contribution in [0.1, 0.15) is 12.5 Å². The first-order valence-electron chi connectivity index (χ1n) is 8.88. The predicted molar refractivity (Wildman–Crippen MR) is 120 cm³/mol. The Morgan fingerprint density at radius 3 is 2.18 bits per heavy atom. The van der Waals surface area contributed by atoms with E-state index in [1.807, 2.05) is 79.7 Å². The Kier molecular flexibility index (Phi) is 5.51. The zero-order chi connectivity index (χ0) is 19.3. The first-order valence-corrected chi connectivity index (χ1v) is 10.1. The summed E-state index contributed by atoms with van der Waals surface area (Å²) in [7, 11) is 0. The van der Waals surface area contributed by atoms with Crippen molar-refractivity contribution >= 4 is 33.8 Å². The summed E-state index contributed by atoms with van der Waals surface area (Å²) in [6.45, 7) is 1.98. The Morgan fingerprint density at radius 1 is 0.857 bits per heavy atom. The number of nitrogens with zero attached hydrogens (tertiary/aromatic N) is 2. The van der Waals surface area contributed by atoms with Gasteiger partial charge in [-0.1, -0.05) is 95.7 Å². The smallest absolute Gasteiger partial charge is 0.204 e. The van der Waals surface area contributed by atoms with E-state index in [2.05, 4.69) is 22.7 Å². The van der Waals surface area contributed by atoms with Crippen LogP contribution < -0.4 is 5.43 Å². The number of benzene rings is 3. The molecule has 1 heterocycles. The average molecular weight is 404 g/mol. The predicted octanol–water partition coefficient (Wildman–Crippen LogP) is 6.97. The molecule has 0 saturated carbocycles. The van der Waals surface area contributed by atoms with Crippen LogP contribution in [0.15, 0.2) is 90.0 Å². The minimum Gasteiger partial charge on any atom is -0.252 e. The zero-order valence-corrected chi connectivity index (χ0v) is 16.8. The molecule has 138 valence electrons. The molecule has 3 nitrogen and oxygen atoms in total. The lowest BCUT2D eigenvalue weighted by molar-refractivity contribution is 1.27. The Hall–Kier alpha value is -2.95. The number of hydrazone groups is 1. The molecule has 3 aromatic carbocycles. The van der Waals surface area contributed by atoms with E-state index in [1.165, 1.54) is 0 Å². The lowest BCUT2D eigenvalue weighted by Crippen LogP contribution is -1.99. The Morgan fingerprint density at radius 2 is 1.50 bits per heavy atom. The van der Waals surface area contributed by atoms with Crippen LogP contribution >= 0.6 is 22.9 Å². The third-order valence-electron chi connectivity index (χ3n) is 4.29.